The number of nitrogens with zero attached hydrogens (tertiary/aromatic N) is 7. The molecule has 150 valence electrons. The number of pyridine rings is 1. The molecule has 4 rings (SSSR count). The molecule has 0 amide bonds. The molecule has 30 heavy (non-hydrogen) atoms. The summed E-state index contributed by atoms with van der Waals surface area (Å²) in [5.74, 6) is 0.878. The van der Waals surface area contributed by atoms with Crippen LogP contribution >= 0.6 is 11.6 Å². The van der Waals surface area contributed by atoms with Gasteiger partial charge in [-0.3, -0.25) is 4.79 Å². The zero-order valence-electron chi connectivity index (χ0n) is 15.9. The molecule has 0 radical (unpaired) electrons. The molecule has 0 N–H and O–H groups in total. The van der Waals surface area contributed by atoms with Crippen molar-refractivity contribution in [3.05, 3.63) is 87.1 Å². The molecule has 0 saturated carbocycles. The molecule has 0 spiro atoms. The van der Waals surface area contributed by atoms with E-state index in [9.17, 15) is 4.79 Å². The highest BCUT2D eigenvalue weighted by atomic mass is 35.5. The Bertz CT molecular complexity index is 1340. The number of hydrogen-bond acceptors (Lipinski definition) is 6. The third-order valence-electron chi connectivity index (χ3n) is 4.42. The average molecular weight is 438 g/mol. The number of nitriles is 1. The second-order valence-corrected chi connectivity index (χ2v) is 8.44. The first-order valence-electron chi connectivity index (χ1n) is 8.97. The Morgan fingerprint density at radius 1 is 1.20 bits per heavy atom. The predicted octanol–water partition coefficient (Wildman–Crippen LogP) is 3.14. The first-order chi connectivity index (χ1) is 14.5. The summed E-state index contributed by atoms with van der Waals surface area (Å²) < 4.78 is 7.15. The van der Waals surface area contributed by atoms with Crippen molar-refractivity contribution in [1.29, 1.82) is 5.26 Å². The zero-order chi connectivity index (χ0) is 21.1. The van der Waals surface area contributed by atoms with Crippen molar-refractivity contribution in [3.63, 3.8) is 0 Å². The Morgan fingerprint density at radius 3 is 2.70 bits per heavy atom. The van der Waals surface area contributed by atoms with Crippen LogP contribution in [0.4, 0.5) is 0 Å². The normalized spacial score (nSPS) is 12.2. The highest BCUT2D eigenvalue weighted by Gasteiger charge is 2.16. The fraction of sp³-hybridized carbons (Fsp3) is 0.150. The largest absolute Gasteiger partial charge is 0.310 e. The van der Waals surface area contributed by atoms with Crippen molar-refractivity contribution in [2.75, 3.05) is 0 Å². The molecule has 0 aliphatic carbocycles. The molecular formula is C20H16ClN7OS. The molecule has 4 aromatic rings. The number of aromatic nitrogens is 5. The summed E-state index contributed by atoms with van der Waals surface area (Å²) in [6, 6.07) is 14.8. The van der Waals surface area contributed by atoms with Crippen molar-refractivity contribution < 1.29 is 0 Å². The minimum Gasteiger partial charge on any atom is -0.310 e. The third-order valence-corrected chi connectivity index (χ3v) is 6.14. The lowest BCUT2D eigenvalue weighted by atomic mass is 10.2. The average Bonchev–Trinajstić information content (AvgIpc) is 3.19. The molecule has 0 saturated heterocycles. The number of halogens is 1. The second-order valence-electron chi connectivity index (χ2n) is 6.49. The van der Waals surface area contributed by atoms with Crippen molar-refractivity contribution in [2.45, 2.75) is 24.4 Å². The maximum atomic E-state index is 12.5. The topological polar surface area (TPSA) is 101 Å². The van der Waals surface area contributed by atoms with Gasteiger partial charge in [0, 0.05) is 23.7 Å². The first kappa shape index (κ1) is 19.9. The Hall–Kier alpha value is -3.35. The maximum absolute atomic E-state index is 12.5. The molecule has 0 fully saturated rings. The zero-order valence-corrected chi connectivity index (χ0v) is 17.5. The lowest BCUT2D eigenvalue weighted by molar-refractivity contribution is 0.727. The van der Waals surface area contributed by atoms with Crippen LogP contribution in [0.1, 0.15) is 16.8 Å². The summed E-state index contributed by atoms with van der Waals surface area (Å²) >= 11 is 5.87. The Labute approximate surface area is 179 Å². The van der Waals surface area contributed by atoms with Crippen LogP contribution in [0, 0.1) is 18.4 Å². The number of hydrogen-bond donors (Lipinski definition) is 0. The monoisotopic (exact) mass is 437 g/mol. The van der Waals surface area contributed by atoms with E-state index in [0.29, 0.717) is 28.4 Å². The van der Waals surface area contributed by atoms with Crippen LogP contribution in [-0.4, -0.2) is 24.1 Å². The van der Waals surface area contributed by atoms with Crippen molar-refractivity contribution >= 4 is 28.1 Å². The molecule has 0 aliphatic heterocycles. The molecular weight excluding hydrogens is 422 g/mol. The minimum absolute atomic E-state index is 0.285. The molecule has 8 nitrogen and oxygen atoms in total. The predicted molar refractivity (Wildman–Crippen MR) is 114 cm³/mol. The summed E-state index contributed by atoms with van der Waals surface area (Å²) in [6.45, 7) is 2.28. The van der Waals surface area contributed by atoms with E-state index < -0.39 is 10.7 Å². The van der Waals surface area contributed by atoms with Crippen molar-refractivity contribution in [2.24, 2.45) is 4.36 Å². The van der Waals surface area contributed by atoms with Gasteiger partial charge in [0.15, 0.2) is 0 Å². The smallest absolute Gasteiger partial charge is 0.275 e. The van der Waals surface area contributed by atoms with Crippen molar-refractivity contribution in [1.82, 2.24) is 24.1 Å². The molecule has 10 heteroatoms. The van der Waals surface area contributed by atoms with E-state index >= 15 is 0 Å². The summed E-state index contributed by atoms with van der Waals surface area (Å²) in [5, 5.41) is 14.3. The van der Waals surface area contributed by atoms with Gasteiger partial charge in [-0.25, -0.2) is 4.98 Å². The molecule has 3 heterocycles. The summed E-state index contributed by atoms with van der Waals surface area (Å²) in [6.07, 6.45) is 3.54. The van der Waals surface area contributed by atoms with E-state index in [1.807, 2.05) is 54.1 Å². The van der Waals surface area contributed by atoms with Gasteiger partial charge < -0.3 is 4.57 Å². The van der Waals surface area contributed by atoms with Gasteiger partial charge in [0.25, 0.3) is 5.56 Å². The van der Waals surface area contributed by atoms with Gasteiger partial charge in [0.05, 0.1) is 6.54 Å². The van der Waals surface area contributed by atoms with Gasteiger partial charge in [-0.2, -0.15) is 14.8 Å². The maximum Gasteiger partial charge on any atom is 0.275 e. The van der Waals surface area contributed by atoms with Crippen LogP contribution in [0.2, 0.25) is 5.15 Å². The van der Waals surface area contributed by atoms with Gasteiger partial charge >= 0.3 is 0 Å². The van der Waals surface area contributed by atoms with Crippen LogP contribution in [0.25, 0.3) is 5.78 Å². The minimum atomic E-state index is -0.905. The van der Waals surface area contributed by atoms with Crippen LogP contribution in [0.3, 0.4) is 0 Å². The molecule has 1 atom stereocenters. The van der Waals surface area contributed by atoms with E-state index in [0.717, 1.165) is 16.8 Å². The molecule has 3 aromatic heterocycles. The van der Waals surface area contributed by atoms with E-state index in [1.165, 1.54) is 10.6 Å². The fourth-order valence-corrected chi connectivity index (χ4v) is 4.34. The first-order valence-corrected chi connectivity index (χ1v) is 10.7. The standard InChI is InChI=1S/C20H16ClN7OS/c1-14-9-18(29)28-20(27(14)11-16-7-8-17(21)23-10-16)25-19(26-28)30(24-13-22)12-15-5-3-2-4-6-15/h2-10H,11-12H2,1H3. The Morgan fingerprint density at radius 2 is 2.00 bits per heavy atom. The van der Waals surface area contributed by atoms with Gasteiger partial charge in [0.1, 0.15) is 5.15 Å². The number of rotatable bonds is 5. The van der Waals surface area contributed by atoms with E-state index in [1.54, 1.807) is 12.3 Å². The lowest BCUT2D eigenvalue weighted by Crippen LogP contribution is -2.20. The quantitative estimate of drug-likeness (QED) is 0.352. The van der Waals surface area contributed by atoms with E-state index in [4.69, 9.17) is 16.9 Å². The van der Waals surface area contributed by atoms with Gasteiger partial charge in [-0.15, -0.1) is 9.46 Å². The van der Waals surface area contributed by atoms with E-state index in [-0.39, 0.29) is 5.56 Å². The van der Waals surface area contributed by atoms with Gasteiger partial charge in [0.2, 0.25) is 17.1 Å². The number of benzene rings is 1. The third kappa shape index (κ3) is 4.15. The fourth-order valence-electron chi connectivity index (χ4n) is 2.98. The van der Waals surface area contributed by atoms with Crippen molar-refractivity contribution in [3.8, 4) is 6.19 Å². The number of aryl methyl sites for hydroxylation is 1. The molecule has 1 aromatic carbocycles. The summed E-state index contributed by atoms with van der Waals surface area (Å²) in [7, 11) is -0.905. The molecule has 0 aliphatic rings. The van der Waals surface area contributed by atoms with Gasteiger partial charge in [-0.05, 0) is 34.8 Å². The van der Waals surface area contributed by atoms with Crippen LogP contribution in [0.15, 0.2) is 69.0 Å². The van der Waals surface area contributed by atoms with Crippen LogP contribution in [0.5, 0.6) is 0 Å². The second kappa shape index (κ2) is 8.57. The number of fused-ring (bicyclic) bond motifs is 1. The lowest BCUT2D eigenvalue weighted by Gasteiger charge is -2.11. The van der Waals surface area contributed by atoms with Crippen LogP contribution in [-0.2, 0) is 23.0 Å². The Kier molecular flexibility index (Phi) is 5.70. The molecule has 1 unspecified atom stereocenters. The summed E-state index contributed by atoms with van der Waals surface area (Å²) in [4.78, 5) is 21.2. The van der Waals surface area contributed by atoms with E-state index in [2.05, 4.69) is 19.4 Å². The van der Waals surface area contributed by atoms with Gasteiger partial charge in [-0.1, -0.05) is 48.0 Å². The highest BCUT2D eigenvalue weighted by Crippen LogP contribution is 2.15. The van der Waals surface area contributed by atoms with Crippen LogP contribution < -0.4 is 5.56 Å². The molecule has 0 bridgehead atoms. The summed E-state index contributed by atoms with van der Waals surface area (Å²) in [5.41, 5.74) is 2.37. The highest BCUT2D eigenvalue weighted by molar-refractivity contribution is 7.86. The SMILES string of the molecule is Cc1cc(=O)n2nc(/S(Cc3ccccc3)=N/C#N)nc2n1Cc1ccc(Cl)nc1. The Balaban J connectivity index is 1.80.